The number of carboxylic acids is 1. The second-order valence-electron chi connectivity index (χ2n) is 8.44. The number of hydrogen-bond donors (Lipinski definition) is 3. The lowest BCUT2D eigenvalue weighted by Crippen LogP contribution is -2.30. The second kappa shape index (κ2) is 9.34. The van der Waals surface area contributed by atoms with Crippen LogP contribution in [0.15, 0.2) is 43.0 Å². The minimum absolute atomic E-state index is 0.0671. The van der Waals surface area contributed by atoms with Gasteiger partial charge in [-0.3, -0.25) is 9.59 Å². The third-order valence-corrected chi connectivity index (χ3v) is 6.15. The van der Waals surface area contributed by atoms with Crippen LogP contribution in [0.5, 0.6) is 11.5 Å². The predicted octanol–water partition coefficient (Wildman–Crippen LogP) is 4.31. The summed E-state index contributed by atoms with van der Waals surface area (Å²) in [6, 6.07) is 11.6. The summed E-state index contributed by atoms with van der Waals surface area (Å²) in [5.74, 6) is 0.130. The molecule has 2 aromatic rings. The summed E-state index contributed by atoms with van der Waals surface area (Å²) in [5.41, 5.74) is 4.33. The summed E-state index contributed by atoms with van der Waals surface area (Å²) < 4.78 is 10.8. The molecule has 168 valence electrons. The summed E-state index contributed by atoms with van der Waals surface area (Å²) in [7, 11) is 0. The van der Waals surface area contributed by atoms with Crippen molar-refractivity contribution in [2.24, 2.45) is 11.8 Å². The van der Waals surface area contributed by atoms with Crippen molar-refractivity contribution in [3.63, 3.8) is 0 Å². The highest BCUT2D eigenvalue weighted by Crippen LogP contribution is 2.33. The first-order chi connectivity index (χ1) is 15.4. The molecular formula is C25H28N2O5. The van der Waals surface area contributed by atoms with Gasteiger partial charge in [-0.2, -0.15) is 0 Å². The van der Waals surface area contributed by atoms with Gasteiger partial charge >= 0.3 is 5.97 Å². The van der Waals surface area contributed by atoms with Gasteiger partial charge in [0.1, 0.15) is 0 Å². The average molecular weight is 437 g/mol. The number of amides is 1. The van der Waals surface area contributed by atoms with Gasteiger partial charge in [0.25, 0.3) is 0 Å². The normalized spacial score (nSPS) is 19.3. The van der Waals surface area contributed by atoms with Crippen LogP contribution in [0.1, 0.15) is 42.4 Å². The fourth-order valence-corrected chi connectivity index (χ4v) is 4.21. The number of hydrogen-bond acceptors (Lipinski definition) is 5. The molecule has 0 atom stereocenters. The molecule has 2 aromatic carbocycles. The molecule has 2 aliphatic rings. The van der Waals surface area contributed by atoms with Crippen molar-refractivity contribution in [3.8, 4) is 11.5 Å². The third-order valence-electron chi connectivity index (χ3n) is 6.15. The first-order valence-corrected chi connectivity index (χ1v) is 10.9. The van der Waals surface area contributed by atoms with Gasteiger partial charge in [0.2, 0.25) is 12.7 Å². The first kappa shape index (κ1) is 21.7. The molecule has 1 saturated carbocycles. The Bertz CT molecular complexity index is 1040. The molecule has 0 saturated heterocycles. The lowest BCUT2D eigenvalue weighted by Gasteiger charge is -2.26. The Morgan fingerprint density at radius 2 is 1.75 bits per heavy atom. The van der Waals surface area contributed by atoms with Gasteiger partial charge < -0.3 is 25.2 Å². The van der Waals surface area contributed by atoms with E-state index in [-0.39, 0.29) is 24.5 Å². The summed E-state index contributed by atoms with van der Waals surface area (Å²) in [6.07, 6.45) is 2.26. The minimum atomic E-state index is -0.769. The van der Waals surface area contributed by atoms with Crippen LogP contribution in [0, 0.1) is 18.8 Å². The molecule has 1 aliphatic heterocycles. The Morgan fingerprint density at radius 1 is 1.03 bits per heavy atom. The first-order valence-electron chi connectivity index (χ1n) is 10.9. The second-order valence-corrected chi connectivity index (χ2v) is 8.44. The summed E-state index contributed by atoms with van der Waals surface area (Å²) in [6.45, 7) is 6.96. The van der Waals surface area contributed by atoms with E-state index < -0.39 is 5.97 Å². The van der Waals surface area contributed by atoms with E-state index in [2.05, 4.69) is 17.2 Å². The van der Waals surface area contributed by atoms with Gasteiger partial charge in [0.05, 0.1) is 11.6 Å². The number of nitrogens with one attached hydrogen (secondary N) is 2. The topological polar surface area (TPSA) is 96.9 Å². The number of rotatable bonds is 7. The predicted molar refractivity (Wildman–Crippen MR) is 121 cm³/mol. The van der Waals surface area contributed by atoms with E-state index in [0.29, 0.717) is 43.6 Å². The standard InChI is InChI=1S/C25H28N2O5/c1-15-3-9-21(27-24(28)18-5-7-19(8-6-18)25(29)30)20(11-15)16(2)26-13-17-4-10-22-23(12-17)32-14-31-22/h3-4,9-12,18-19,26H,2,5-8,13-14H2,1H3,(H,27,28)(H,29,30). The fraction of sp³-hybridized carbons (Fsp3) is 0.360. The lowest BCUT2D eigenvalue weighted by atomic mass is 9.81. The van der Waals surface area contributed by atoms with Crippen LogP contribution in [0.2, 0.25) is 0 Å². The van der Waals surface area contributed by atoms with Crippen LogP contribution in [-0.4, -0.2) is 23.8 Å². The molecule has 0 bridgehead atoms. The maximum absolute atomic E-state index is 12.9. The number of anilines is 1. The zero-order chi connectivity index (χ0) is 22.7. The van der Waals surface area contributed by atoms with E-state index in [1.54, 1.807) is 0 Å². The van der Waals surface area contributed by atoms with E-state index >= 15 is 0 Å². The number of carbonyl (C=O) groups is 2. The van der Waals surface area contributed by atoms with Gasteiger partial charge in [0, 0.05) is 23.7 Å². The van der Waals surface area contributed by atoms with Gasteiger partial charge in [-0.15, -0.1) is 0 Å². The largest absolute Gasteiger partial charge is 0.481 e. The Morgan fingerprint density at radius 3 is 2.50 bits per heavy atom. The molecule has 0 unspecified atom stereocenters. The van der Waals surface area contributed by atoms with E-state index in [9.17, 15) is 14.7 Å². The fourth-order valence-electron chi connectivity index (χ4n) is 4.21. The number of aliphatic carboxylic acids is 1. The number of carbonyl (C=O) groups excluding carboxylic acids is 1. The molecule has 1 amide bonds. The molecule has 1 heterocycles. The van der Waals surface area contributed by atoms with E-state index in [1.165, 1.54) is 0 Å². The van der Waals surface area contributed by atoms with Crippen molar-refractivity contribution in [1.29, 1.82) is 0 Å². The maximum Gasteiger partial charge on any atom is 0.306 e. The maximum atomic E-state index is 12.9. The molecule has 7 nitrogen and oxygen atoms in total. The van der Waals surface area contributed by atoms with Crippen molar-refractivity contribution in [3.05, 3.63) is 59.7 Å². The minimum Gasteiger partial charge on any atom is -0.481 e. The number of aryl methyl sites for hydroxylation is 1. The van der Waals surface area contributed by atoms with Crippen molar-refractivity contribution < 1.29 is 24.2 Å². The lowest BCUT2D eigenvalue weighted by molar-refractivity contribution is -0.143. The number of carboxylic acid groups (broad SMARTS) is 1. The number of benzene rings is 2. The SMILES string of the molecule is C=C(NCc1ccc2c(c1)OCO2)c1cc(C)ccc1NC(=O)C1CCC(C(=O)O)CC1. The number of fused-ring (bicyclic) bond motifs is 1. The van der Waals surface area contributed by atoms with Crippen molar-refractivity contribution >= 4 is 23.3 Å². The monoisotopic (exact) mass is 436 g/mol. The highest BCUT2D eigenvalue weighted by Gasteiger charge is 2.30. The van der Waals surface area contributed by atoms with E-state index in [1.807, 2.05) is 43.3 Å². The smallest absolute Gasteiger partial charge is 0.306 e. The zero-order valence-electron chi connectivity index (χ0n) is 18.1. The van der Waals surface area contributed by atoms with Gasteiger partial charge in [0.15, 0.2) is 11.5 Å². The molecule has 0 aromatic heterocycles. The molecule has 0 spiro atoms. The zero-order valence-corrected chi connectivity index (χ0v) is 18.1. The highest BCUT2D eigenvalue weighted by molar-refractivity contribution is 5.95. The summed E-state index contributed by atoms with van der Waals surface area (Å²) in [4.78, 5) is 24.0. The molecule has 4 rings (SSSR count). The molecule has 7 heteroatoms. The van der Waals surface area contributed by atoms with Crippen molar-refractivity contribution in [1.82, 2.24) is 5.32 Å². The molecule has 1 fully saturated rings. The Kier molecular flexibility index (Phi) is 6.35. The van der Waals surface area contributed by atoms with Crippen LogP contribution in [0.3, 0.4) is 0 Å². The van der Waals surface area contributed by atoms with Crippen molar-refractivity contribution in [2.45, 2.75) is 39.2 Å². The van der Waals surface area contributed by atoms with Crippen LogP contribution in [-0.2, 0) is 16.1 Å². The summed E-state index contributed by atoms with van der Waals surface area (Å²) in [5, 5.41) is 15.5. The van der Waals surface area contributed by atoms with Crippen molar-refractivity contribution in [2.75, 3.05) is 12.1 Å². The number of ether oxygens (including phenoxy) is 2. The van der Waals surface area contributed by atoms with Gasteiger partial charge in [-0.1, -0.05) is 24.3 Å². The average Bonchev–Trinajstić information content (AvgIpc) is 3.26. The van der Waals surface area contributed by atoms with Gasteiger partial charge in [-0.25, -0.2) is 0 Å². The molecule has 3 N–H and O–H groups in total. The van der Waals surface area contributed by atoms with Crippen LogP contribution < -0.4 is 20.1 Å². The quantitative estimate of drug-likeness (QED) is 0.598. The van der Waals surface area contributed by atoms with Gasteiger partial charge in [-0.05, 0) is 62.4 Å². The van der Waals surface area contributed by atoms with E-state index in [0.717, 1.165) is 28.2 Å². The molecular weight excluding hydrogens is 408 g/mol. The Balaban J connectivity index is 1.40. The Labute approximate surface area is 187 Å². The van der Waals surface area contributed by atoms with E-state index in [4.69, 9.17) is 9.47 Å². The molecule has 1 aliphatic carbocycles. The highest BCUT2D eigenvalue weighted by atomic mass is 16.7. The Hall–Kier alpha value is -3.48. The van der Waals surface area contributed by atoms with Crippen LogP contribution >= 0.6 is 0 Å². The molecule has 0 radical (unpaired) electrons. The molecule has 32 heavy (non-hydrogen) atoms. The van der Waals surface area contributed by atoms with Crippen LogP contribution in [0.4, 0.5) is 5.69 Å². The van der Waals surface area contributed by atoms with Crippen LogP contribution in [0.25, 0.3) is 5.70 Å². The third kappa shape index (κ3) is 4.88. The summed E-state index contributed by atoms with van der Waals surface area (Å²) >= 11 is 0.